The molecule has 3 saturated heterocycles. The molecule has 4 bridgehead atoms. The lowest BCUT2D eigenvalue weighted by atomic mass is 9.49. The number of nitrogens with zero attached hydrogens (tertiary/aromatic N) is 1. The Morgan fingerprint density at radius 2 is 1.81 bits per heavy atom. The summed E-state index contributed by atoms with van der Waals surface area (Å²) in [5.74, 6) is -5.58. The van der Waals surface area contributed by atoms with E-state index < -0.39 is 88.0 Å². The van der Waals surface area contributed by atoms with Gasteiger partial charge >= 0.3 is 5.97 Å². The number of fused-ring (bicyclic) bond motifs is 5. The fourth-order valence-electron chi connectivity index (χ4n) is 11.9. The van der Waals surface area contributed by atoms with Gasteiger partial charge in [-0.1, -0.05) is 27.7 Å². The van der Waals surface area contributed by atoms with Crippen LogP contribution < -0.4 is 0 Å². The minimum absolute atomic E-state index is 0.116. The van der Waals surface area contributed by atoms with Crippen LogP contribution in [0.4, 0.5) is 0 Å². The summed E-state index contributed by atoms with van der Waals surface area (Å²) in [4.78, 5) is 15.7. The lowest BCUT2D eigenvalue weighted by Crippen LogP contribution is -2.77. The number of piperidine rings is 2. The van der Waals surface area contributed by atoms with Crippen LogP contribution in [0.15, 0.2) is 0 Å². The van der Waals surface area contributed by atoms with Crippen LogP contribution in [0.5, 0.6) is 0 Å². The van der Waals surface area contributed by atoms with Gasteiger partial charge in [0, 0.05) is 42.3 Å². The minimum atomic E-state index is -1.87. The van der Waals surface area contributed by atoms with Gasteiger partial charge in [0.2, 0.25) is 0 Å². The zero-order chi connectivity index (χ0) is 30.4. The second kappa shape index (κ2) is 9.12. The maximum Gasteiger partial charge on any atom is 0.309 e. The van der Waals surface area contributed by atoms with Gasteiger partial charge in [-0.15, -0.1) is 0 Å². The Bertz CT molecular complexity index is 1140. The van der Waals surface area contributed by atoms with Gasteiger partial charge in [-0.2, -0.15) is 0 Å². The molecule has 7 rings (SSSR count). The van der Waals surface area contributed by atoms with Crippen LogP contribution in [-0.4, -0.2) is 108 Å². The minimum Gasteiger partial charge on any atom is -0.456 e. The summed E-state index contributed by atoms with van der Waals surface area (Å²) in [7, 11) is 0. The summed E-state index contributed by atoms with van der Waals surface area (Å²) in [5, 5.41) is 72.3. The number of aliphatic hydroxyl groups excluding tert-OH is 3. The molecule has 10 nitrogen and oxygen atoms in total. The number of ether oxygens (including phenoxy) is 2. The highest BCUT2D eigenvalue weighted by Gasteiger charge is 2.86. The first-order chi connectivity index (χ1) is 19.6. The predicted octanol–water partition coefficient (Wildman–Crippen LogP) is 0.783. The molecule has 3 heterocycles. The third kappa shape index (κ3) is 3.36. The first kappa shape index (κ1) is 29.8. The fraction of sp³-hybridized carbons (Fsp3) is 0.969. The molecule has 42 heavy (non-hydrogen) atoms. The summed E-state index contributed by atoms with van der Waals surface area (Å²) >= 11 is 0. The predicted molar refractivity (Wildman–Crippen MR) is 149 cm³/mol. The second-order valence-corrected chi connectivity index (χ2v) is 16.0. The van der Waals surface area contributed by atoms with Crippen molar-refractivity contribution in [3.05, 3.63) is 0 Å². The van der Waals surface area contributed by atoms with E-state index in [4.69, 9.17) is 9.47 Å². The molecule has 238 valence electrons. The first-order valence-corrected chi connectivity index (χ1v) is 16.4. The Hall–Kier alpha value is -0.850. The van der Waals surface area contributed by atoms with Crippen molar-refractivity contribution >= 4 is 5.97 Å². The Labute approximate surface area is 248 Å². The molecule has 4 aliphatic carbocycles. The van der Waals surface area contributed by atoms with Crippen molar-refractivity contribution in [3.8, 4) is 0 Å². The highest BCUT2D eigenvalue weighted by atomic mass is 16.7. The zero-order valence-corrected chi connectivity index (χ0v) is 25.6. The van der Waals surface area contributed by atoms with Gasteiger partial charge in [0.25, 0.3) is 0 Å². The molecule has 10 heteroatoms. The molecule has 7 aliphatic rings. The number of carbonyl (C=O) groups is 1. The van der Waals surface area contributed by atoms with Crippen LogP contribution in [0.2, 0.25) is 0 Å². The van der Waals surface area contributed by atoms with Crippen LogP contribution in [0, 0.1) is 46.8 Å². The lowest BCUT2D eigenvalue weighted by molar-refractivity contribution is -0.299. The van der Waals surface area contributed by atoms with Crippen molar-refractivity contribution in [3.63, 3.8) is 0 Å². The van der Waals surface area contributed by atoms with E-state index in [0.29, 0.717) is 31.7 Å². The first-order valence-electron chi connectivity index (χ1n) is 16.4. The number of aliphatic hydroxyl groups is 6. The Kier molecular flexibility index (Phi) is 6.48. The quantitative estimate of drug-likeness (QED) is 0.258. The molecule has 3 aliphatic heterocycles. The Balaban J connectivity index is 1.39. The largest absolute Gasteiger partial charge is 0.456 e. The van der Waals surface area contributed by atoms with Crippen molar-refractivity contribution in [2.75, 3.05) is 13.1 Å². The average molecular weight is 594 g/mol. The molecular weight excluding hydrogens is 542 g/mol. The maximum absolute atomic E-state index is 13.4. The van der Waals surface area contributed by atoms with Crippen molar-refractivity contribution in [1.82, 2.24) is 4.90 Å². The molecule has 0 aromatic carbocycles. The van der Waals surface area contributed by atoms with E-state index in [0.717, 1.165) is 19.4 Å². The number of hydrogen-bond acceptors (Lipinski definition) is 10. The smallest absolute Gasteiger partial charge is 0.309 e. The number of esters is 1. The van der Waals surface area contributed by atoms with Crippen molar-refractivity contribution in [2.45, 2.75) is 133 Å². The maximum atomic E-state index is 13.4. The van der Waals surface area contributed by atoms with Crippen LogP contribution >= 0.6 is 0 Å². The van der Waals surface area contributed by atoms with Gasteiger partial charge in [-0.05, 0) is 69.6 Å². The number of rotatable bonds is 3. The molecule has 0 aromatic rings. The topological polar surface area (TPSA) is 160 Å². The highest BCUT2D eigenvalue weighted by Crippen LogP contribution is 2.77. The normalized spacial score (nSPS) is 60.6. The molecule has 17 unspecified atom stereocenters. The van der Waals surface area contributed by atoms with Gasteiger partial charge < -0.3 is 40.1 Å². The van der Waals surface area contributed by atoms with E-state index in [1.54, 1.807) is 13.8 Å². The molecule has 7 fully saturated rings. The van der Waals surface area contributed by atoms with Gasteiger partial charge in [-0.3, -0.25) is 9.69 Å². The Morgan fingerprint density at radius 1 is 1.10 bits per heavy atom. The Morgan fingerprint density at radius 3 is 2.50 bits per heavy atom. The molecule has 6 N–H and O–H groups in total. The number of hydrogen-bond donors (Lipinski definition) is 6. The van der Waals surface area contributed by atoms with Crippen molar-refractivity contribution in [1.29, 1.82) is 0 Å². The van der Waals surface area contributed by atoms with Crippen molar-refractivity contribution < 1.29 is 44.9 Å². The van der Waals surface area contributed by atoms with Crippen LogP contribution in [-0.2, 0) is 14.3 Å². The summed E-state index contributed by atoms with van der Waals surface area (Å²) in [6, 6.07) is -0.172. The van der Waals surface area contributed by atoms with E-state index >= 15 is 0 Å². The lowest BCUT2D eigenvalue weighted by Gasteiger charge is -2.64. The van der Waals surface area contributed by atoms with Gasteiger partial charge in [0.1, 0.15) is 11.7 Å². The van der Waals surface area contributed by atoms with E-state index in [-0.39, 0.29) is 24.8 Å². The molecule has 4 saturated carbocycles. The number of carbonyl (C=O) groups excluding carboxylic acids is 1. The SMILES string of the molecule is CCC(C)C(=O)OC1C(O)C2C(CN3CC(C)CCC3C2(C)O)C2CC34OC5(O)C(O)CCC3(C)C5CC(O)C4C21O. The molecule has 0 amide bonds. The fourth-order valence-corrected chi connectivity index (χ4v) is 11.9. The summed E-state index contributed by atoms with van der Waals surface area (Å²) in [6.07, 6.45) is -1.47. The third-order valence-corrected chi connectivity index (χ3v) is 14.1. The second-order valence-electron chi connectivity index (χ2n) is 16.0. The zero-order valence-electron chi connectivity index (χ0n) is 25.6. The summed E-state index contributed by atoms with van der Waals surface area (Å²) < 4.78 is 12.8. The van der Waals surface area contributed by atoms with Gasteiger partial charge in [0.05, 0.1) is 29.3 Å². The summed E-state index contributed by atoms with van der Waals surface area (Å²) in [5.41, 5.74) is -5.07. The summed E-state index contributed by atoms with van der Waals surface area (Å²) in [6.45, 7) is 11.0. The van der Waals surface area contributed by atoms with Crippen molar-refractivity contribution in [2.24, 2.45) is 46.8 Å². The van der Waals surface area contributed by atoms with E-state index in [9.17, 15) is 35.4 Å². The molecule has 1 spiro atoms. The molecular formula is C32H51NO9. The monoisotopic (exact) mass is 593 g/mol. The van der Waals surface area contributed by atoms with Crippen LogP contribution in [0.25, 0.3) is 0 Å². The van der Waals surface area contributed by atoms with E-state index in [1.807, 2.05) is 13.8 Å². The standard InChI is InChI=1S/C32H51NO9/c1-6-16(3)27(37)41-26-24(36)23-17(14-33-13-15(2)7-8-21(33)29(23,5)38)18-12-30-25(31(18,26)39)19(34)11-20-28(30,4)10-9-22(35)32(20,40)42-30/h15-26,34-36,38-40H,6-14H2,1-5H3. The van der Waals surface area contributed by atoms with E-state index in [2.05, 4.69) is 11.8 Å². The molecule has 0 radical (unpaired) electrons. The molecule has 17 atom stereocenters. The van der Waals surface area contributed by atoms with Gasteiger partial charge in [0.15, 0.2) is 11.9 Å². The third-order valence-electron chi connectivity index (χ3n) is 14.1. The van der Waals surface area contributed by atoms with Crippen LogP contribution in [0.1, 0.15) is 79.6 Å². The van der Waals surface area contributed by atoms with E-state index in [1.165, 1.54) is 0 Å². The average Bonchev–Trinajstić information content (AvgIpc) is 3.21. The molecule has 0 aromatic heterocycles. The van der Waals surface area contributed by atoms with Crippen LogP contribution in [0.3, 0.4) is 0 Å². The highest BCUT2D eigenvalue weighted by molar-refractivity contribution is 5.72. The van der Waals surface area contributed by atoms with Gasteiger partial charge in [-0.25, -0.2) is 0 Å².